The van der Waals surface area contributed by atoms with Crippen LogP contribution in [0, 0.1) is 0 Å². The lowest BCUT2D eigenvalue weighted by Crippen LogP contribution is -2.07. The lowest BCUT2D eigenvalue weighted by molar-refractivity contribution is 0.768. The molecular weight excluding hydrogens is 140 g/mol. The van der Waals surface area contributed by atoms with Crippen LogP contribution >= 0.6 is 0 Å². The summed E-state index contributed by atoms with van der Waals surface area (Å²) in [6.45, 7) is 2.94. The summed E-state index contributed by atoms with van der Waals surface area (Å²) in [4.78, 5) is 0. The van der Waals surface area contributed by atoms with Crippen molar-refractivity contribution in [3.8, 4) is 0 Å². The van der Waals surface area contributed by atoms with E-state index < -0.39 is 0 Å². The number of H-pyrrole nitrogens is 1. The maximum Gasteiger partial charge on any atom is 0.0994 e. The van der Waals surface area contributed by atoms with Crippen LogP contribution in [0.25, 0.3) is 0 Å². The van der Waals surface area contributed by atoms with E-state index in [4.69, 9.17) is 0 Å². The fourth-order valence-electron chi connectivity index (χ4n) is 1.03. The smallest absolute Gasteiger partial charge is 0.0994 e. The van der Waals surface area contributed by atoms with E-state index in [0.29, 0.717) is 0 Å². The number of rotatable bonds is 4. The van der Waals surface area contributed by atoms with Gasteiger partial charge in [0.1, 0.15) is 0 Å². The largest absolute Gasteiger partial charge is 0.314 e. The maximum absolute atomic E-state index is 3.96. The Kier molecular flexibility index (Phi) is 3.04. The summed E-state index contributed by atoms with van der Waals surface area (Å²) in [5, 5.41) is 13.6. The van der Waals surface area contributed by atoms with Crippen LogP contribution in [0.5, 0.6) is 0 Å². The molecule has 0 amide bonds. The number of hydrogen-bond acceptors (Lipinski definition) is 3. The van der Waals surface area contributed by atoms with Gasteiger partial charge in [-0.05, 0) is 13.5 Å². The minimum atomic E-state index is 0.797. The molecule has 0 aliphatic rings. The average Bonchev–Trinajstić information content (AvgIpc) is 2.39. The summed E-state index contributed by atoms with van der Waals surface area (Å²) in [5.41, 5.74) is 2.19. The summed E-state index contributed by atoms with van der Waals surface area (Å²) in [5.74, 6) is 0. The van der Waals surface area contributed by atoms with Crippen molar-refractivity contribution in [2.75, 3.05) is 7.05 Å². The zero-order valence-corrected chi connectivity index (χ0v) is 7.02. The Labute approximate surface area is 66.4 Å². The molecule has 0 unspecified atom stereocenters. The van der Waals surface area contributed by atoms with Crippen molar-refractivity contribution in [1.29, 1.82) is 0 Å². The van der Waals surface area contributed by atoms with Gasteiger partial charge in [0, 0.05) is 6.54 Å². The normalized spacial score (nSPS) is 10.4. The molecule has 0 aliphatic heterocycles. The van der Waals surface area contributed by atoms with Gasteiger partial charge in [-0.15, -0.1) is 5.10 Å². The molecule has 4 nitrogen and oxygen atoms in total. The number of hydrogen-bond donors (Lipinski definition) is 2. The number of aromatic nitrogens is 3. The van der Waals surface area contributed by atoms with E-state index in [-0.39, 0.29) is 0 Å². The highest BCUT2D eigenvalue weighted by Gasteiger charge is 2.03. The minimum absolute atomic E-state index is 0.797. The highest BCUT2D eigenvalue weighted by Crippen LogP contribution is 2.02. The second-order valence-electron chi connectivity index (χ2n) is 2.52. The van der Waals surface area contributed by atoms with Crippen molar-refractivity contribution >= 4 is 0 Å². The van der Waals surface area contributed by atoms with Crippen molar-refractivity contribution in [3.05, 3.63) is 11.4 Å². The molecule has 11 heavy (non-hydrogen) atoms. The van der Waals surface area contributed by atoms with Crippen LogP contribution in [-0.2, 0) is 13.0 Å². The van der Waals surface area contributed by atoms with Crippen LogP contribution in [0.4, 0.5) is 0 Å². The molecule has 1 aromatic rings. The van der Waals surface area contributed by atoms with Crippen LogP contribution in [0.2, 0.25) is 0 Å². The SMILES string of the molecule is CCCc1[nH]nnc1CNC. The van der Waals surface area contributed by atoms with E-state index in [9.17, 15) is 0 Å². The highest BCUT2D eigenvalue weighted by molar-refractivity contribution is 5.07. The molecule has 0 aliphatic carbocycles. The first kappa shape index (κ1) is 8.20. The quantitative estimate of drug-likeness (QED) is 0.663. The van der Waals surface area contributed by atoms with Crippen molar-refractivity contribution in [2.24, 2.45) is 0 Å². The second kappa shape index (κ2) is 4.08. The standard InChI is InChI=1S/C7H14N4/c1-3-4-6-7(5-8-2)10-11-9-6/h8H,3-5H2,1-2H3,(H,9,10,11). The first-order valence-electron chi connectivity index (χ1n) is 3.91. The zero-order valence-electron chi connectivity index (χ0n) is 7.02. The molecule has 4 heteroatoms. The molecule has 62 valence electrons. The minimum Gasteiger partial charge on any atom is -0.314 e. The number of nitrogens with one attached hydrogen (secondary N) is 2. The van der Waals surface area contributed by atoms with Gasteiger partial charge in [0.25, 0.3) is 0 Å². The second-order valence-corrected chi connectivity index (χ2v) is 2.52. The first-order valence-corrected chi connectivity index (χ1v) is 3.91. The van der Waals surface area contributed by atoms with Crippen LogP contribution in [-0.4, -0.2) is 22.5 Å². The molecule has 0 radical (unpaired) electrons. The molecule has 1 aromatic heterocycles. The van der Waals surface area contributed by atoms with Gasteiger partial charge in [-0.2, -0.15) is 0 Å². The number of aromatic amines is 1. The Hall–Kier alpha value is -0.900. The molecule has 1 rings (SSSR count). The van der Waals surface area contributed by atoms with Crippen molar-refractivity contribution in [2.45, 2.75) is 26.3 Å². The van der Waals surface area contributed by atoms with E-state index in [0.717, 1.165) is 30.8 Å². The van der Waals surface area contributed by atoms with Crippen molar-refractivity contribution in [1.82, 2.24) is 20.7 Å². The van der Waals surface area contributed by atoms with Crippen LogP contribution in [0.15, 0.2) is 0 Å². The molecule has 0 bridgehead atoms. The highest BCUT2D eigenvalue weighted by atomic mass is 15.3. The molecular formula is C7H14N4. The molecule has 0 fully saturated rings. The maximum atomic E-state index is 3.96. The summed E-state index contributed by atoms with van der Waals surface area (Å²) < 4.78 is 0. The molecule has 1 heterocycles. The Morgan fingerprint density at radius 3 is 3.00 bits per heavy atom. The first-order chi connectivity index (χ1) is 5.38. The summed E-state index contributed by atoms with van der Waals surface area (Å²) in [7, 11) is 1.91. The van der Waals surface area contributed by atoms with Crippen LogP contribution in [0.3, 0.4) is 0 Å². The molecule has 0 saturated carbocycles. The topological polar surface area (TPSA) is 53.6 Å². The fourth-order valence-corrected chi connectivity index (χ4v) is 1.03. The van der Waals surface area contributed by atoms with E-state index in [1.807, 2.05) is 7.05 Å². The van der Waals surface area contributed by atoms with E-state index in [2.05, 4.69) is 27.7 Å². The van der Waals surface area contributed by atoms with Gasteiger partial charge in [0.05, 0.1) is 11.4 Å². The molecule has 0 spiro atoms. The van der Waals surface area contributed by atoms with Gasteiger partial charge in [0.15, 0.2) is 0 Å². The van der Waals surface area contributed by atoms with Gasteiger partial charge < -0.3 is 5.32 Å². The Balaban J connectivity index is 2.62. The predicted molar refractivity (Wildman–Crippen MR) is 43.1 cm³/mol. The van der Waals surface area contributed by atoms with Gasteiger partial charge in [-0.3, -0.25) is 5.10 Å². The average molecular weight is 154 g/mol. The van der Waals surface area contributed by atoms with Gasteiger partial charge in [0.2, 0.25) is 0 Å². The monoisotopic (exact) mass is 154 g/mol. The molecule has 2 N–H and O–H groups in total. The summed E-state index contributed by atoms with van der Waals surface area (Å²) in [6, 6.07) is 0. The predicted octanol–water partition coefficient (Wildman–Crippen LogP) is 0.477. The van der Waals surface area contributed by atoms with Crippen LogP contribution < -0.4 is 5.32 Å². The van der Waals surface area contributed by atoms with Crippen LogP contribution in [0.1, 0.15) is 24.7 Å². The fraction of sp³-hybridized carbons (Fsp3) is 0.714. The third-order valence-corrected chi connectivity index (χ3v) is 1.55. The van der Waals surface area contributed by atoms with Gasteiger partial charge in [-0.25, -0.2) is 0 Å². The Morgan fingerprint density at radius 1 is 1.55 bits per heavy atom. The van der Waals surface area contributed by atoms with Gasteiger partial charge >= 0.3 is 0 Å². The zero-order chi connectivity index (χ0) is 8.10. The lowest BCUT2D eigenvalue weighted by Gasteiger charge is -1.96. The molecule has 0 saturated heterocycles. The van der Waals surface area contributed by atoms with E-state index in [1.165, 1.54) is 0 Å². The number of nitrogens with zero attached hydrogens (tertiary/aromatic N) is 2. The summed E-state index contributed by atoms with van der Waals surface area (Å²) in [6.07, 6.45) is 2.16. The Morgan fingerprint density at radius 2 is 2.36 bits per heavy atom. The Bertz CT molecular complexity index is 185. The van der Waals surface area contributed by atoms with E-state index in [1.54, 1.807) is 0 Å². The van der Waals surface area contributed by atoms with Gasteiger partial charge in [-0.1, -0.05) is 18.6 Å². The van der Waals surface area contributed by atoms with E-state index >= 15 is 0 Å². The molecule has 0 atom stereocenters. The molecule has 0 aromatic carbocycles. The summed E-state index contributed by atoms with van der Waals surface area (Å²) >= 11 is 0. The lowest BCUT2D eigenvalue weighted by atomic mass is 10.2. The third-order valence-electron chi connectivity index (χ3n) is 1.55. The third kappa shape index (κ3) is 2.01. The van der Waals surface area contributed by atoms with Crippen molar-refractivity contribution < 1.29 is 0 Å². The number of aryl methyl sites for hydroxylation is 1. The van der Waals surface area contributed by atoms with Crippen molar-refractivity contribution in [3.63, 3.8) is 0 Å².